The molecule has 2 amide bonds. The van der Waals surface area contributed by atoms with Gasteiger partial charge in [0.1, 0.15) is 5.75 Å². The number of rotatable bonds is 4. The normalized spacial score (nSPS) is 16.8. The highest BCUT2D eigenvalue weighted by molar-refractivity contribution is 6.32. The van der Waals surface area contributed by atoms with Gasteiger partial charge in [-0.25, -0.2) is 0 Å². The molecule has 12 heteroatoms. The van der Waals surface area contributed by atoms with Crippen LogP contribution in [0.3, 0.4) is 0 Å². The molecule has 1 saturated heterocycles. The average Bonchev–Trinajstić information content (AvgIpc) is 2.77. The second-order valence-corrected chi connectivity index (χ2v) is 8.13. The zero-order chi connectivity index (χ0) is 25.3. The maximum atomic E-state index is 13.1. The highest BCUT2D eigenvalue weighted by Gasteiger charge is 2.38. The summed E-state index contributed by atoms with van der Waals surface area (Å²) in [7, 11) is 1.43. The van der Waals surface area contributed by atoms with Crippen molar-refractivity contribution in [3.63, 3.8) is 0 Å². The van der Waals surface area contributed by atoms with Gasteiger partial charge in [0.05, 0.1) is 29.2 Å². The number of halogens is 7. The van der Waals surface area contributed by atoms with Crippen LogP contribution in [0.1, 0.15) is 34.3 Å². The van der Waals surface area contributed by atoms with Gasteiger partial charge in [-0.1, -0.05) is 11.6 Å². The van der Waals surface area contributed by atoms with Crippen LogP contribution in [-0.2, 0) is 17.1 Å². The molecular weight excluding hydrogens is 490 g/mol. The minimum absolute atomic E-state index is 0.0385. The summed E-state index contributed by atoms with van der Waals surface area (Å²) in [6.07, 6.45) is -9.41. The van der Waals surface area contributed by atoms with E-state index in [2.05, 4.69) is 5.32 Å². The van der Waals surface area contributed by atoms with Crippen LogP contribution in [0.4, 0.5) is 32.0 Å². The molecule has 0 aliphatic carbocycles. The number of nitrogens with one attached hydrogen (secondary N) is 1. The van der Waals surface area contributed by atoms with E-state index >= 15 is 0 Å². The van der Waals surface area contributed by atoms with Crippen LogP contribution >= 0.6 is 11.6 Å². The number of nitrogens with zero attached hydrogens (tertiary/aromatic N) is 1. The van der Waals surface area contributed by atoms with Crippen molar-refractivity contribution in [3.05, 3.63) is 58.1 Å². The first-order chi connectivity index (χ1) is 15.8. The Labute approximate surface area is 195 Å². The molecule has 2 aromatic carbocycles. The van der Waals surface area contributed by atoms with Gasteiger partial charge < -0.3 is 15.0 Å². The molecule has 1 aliphatic rings. The van der Waals surface area contributed by atoms with Crippen molar-refractivity contribution < 1.29 is 40.7 Å². The minimum atomic E-state index is -5.07. The van der Waals surface area contributed by atoms with Crippen molar-refractivity contribution in [2.75, 3.05) is 25.5 Å². The van der Waals surface area contributed by atoms with Crippen LogP contribution in [0.5, 0.6) is 5.75 Å². The van der Waals surface area contributed by atoms with Crippen molar-refractivity contribution in [3.8, 4) is 5.75 Å². The van der Waals surface area contributed by atoms with E-state index in [4.69, 9.17) is 16.3 Å². The summed E-state index contributed by atoms with van der Waals surface area (Å²) in [6.45, 7) is -0.0687. The number of hydrogen-bond donors (Lipinski definition) is 1. The topological polar surface area (TPSA) is 58.6 Å². The first-order valence-electron chi connectivity index (χ1n) is 10.0. The fraction of sp³-hybridized carbons (Fsp3) is 0.364. The van der Waals surface area contributed by atoms with Gasteiger partial charge in [-0.15, -0.1) is 0 Å². The number of likely N-dealkylation sites (tertiary alicyclic amines) is 1. The van der Waals surface area contributed by atoms with Crippen LogP contribution in [0, 0.1) is 5.92 Å². The second kappa shape index (κ2) is 9.73. The number of carbonyl (C=O) groups excluding carboxylic acids is 2. The number of hydrogen-bond acceptors (Lipinski definition) is 3. The molecule has 3 rings (SSSR count). The van der Waals surface area contributed by atoms with E-state index in [1.165, 1.54) is 13.2 Å². The number of amides is 2. The highest BCUT2D eigenvalue weighted by atomic mass is 35.5. The molecule has 1 heterocycles. The minimum Gasteiger partial charge on any atom is -0.495 e. The van der Waals surface area contributed by atoms with Crippen LogP contribution in [0.15, 0.2) is 36.4 Å². The summed E-state index contributed by atoms with van der Waals surface area (Å²) in [6, 6.07) is 5.30. The molecule has 0 saturated carbocycles. The summed E-state index contributed by atoms with van der Waals surface area (Å²) >= 11 is 6.03. The van der Waals surface area contributed by atoms with Gasteiger partial charge in [-0.05, 0) is 49.2 Å². The second-order valence-electron chi connectivity index (χ2n) is 7.72. The fourth-order valence-electron chi connectivity index (χ4n) is 3.63. The fourth-order valence-corrected chi connectivity index (χ4v) is 3.88. The van der Waals surface area contributed by atoms with Crippen molar-refractivity contribution in [2.45, 2.75) is 25.2 Å². The molecular formula is C22H19ClF6N2O3. The molecule has 0 radical (unpaired) electrons. The van der Waals surface area contributed by atoms with E-state index in [-0.39, 0.29) is 24.2 Å². The van der Waals surface area contributed by atoms with Gasteiger partial charge in [0.15, 0.2) is 0 Å². The number of anilines is 1. The molecule has 2 aromatic rings. The molecule has 1 aliphatic heterocycles. The number of methoxy groups -OCH3 is 1. The Balaban J connectivity index is 1.79. The van der Waals surface area contributed by atoms with Crippen molar-refractivity contribution in [1.29, 1.82) is 0 Å². The molecule has 0 spiro atoms. The lowest BCUT2D eigenvalue weighted by Gasteiger charge is -2.32. The van der Waals surface area contributed by atoms with E-state index in [1.807, 2.05) is 0 Å². The number of carbonyl (C=O) groups is 2. The van der Waals surface area contributed by atoms with Crippen molar-refractivity contribution in [1.82, 2.24) is 4.90 Å². The maximum absolute atomic E-state index is 13.1. The smallest absolute Gasteiger partial charge is 0.416 e. The molecule has 1 N–H and O–H groups in total. The summed E-state index contributed by atoms with van der Waals surface area (Å²) in [5.74, 6) is -1.79. The zero-order valence-electron chi connectivity index (χ0n) is 17.7. The molecule has 1 unspecified atom stereocenters. The Kier molecular flexibility index (Phi) is 7.35. The van der Waals surface area contributed by atoms with Crippen LogP contribution < -0.4 is 10.1 Å². The summed E-state index contributed by atoms with van der Waals surface area (Å²) in [4.78, 5) is 26.6. The van der Waals surface area contributed by atoms with Crippen LogP contribution in [0.2, 0.25) is 5.02 Å². The third-order valence-electron chi connectivity index (χ3n) is 5.33. The Morgan fingerprint density at radius 3 is 2.18 bits per heavy atom. The van der Waals surface area contributed by atoms with Crippen molar-refractivity contribution in [2.24, 2.45) is 5.92 Å². The predicted octanol–water partition coefficient (Wildman–Crippen LogP) is 5.88. The first kappa shape index (κ1) is 25.7. The van der Waals surface area contributed by atoms with E-state index in [0.29, 0.717) is 36.4 Å². The average molecular weight is 509 g/mol. The molecule has 184 valence electrons. The number of benzene rings is 2. The number of piperidine rings is 1. The Morgan fingerprint density at radius 2 is 1.65 bits per heavy atom. The van der Waals surface area contributed by atoms with Gasteiger partial charge in [0.25, 0.3) is 5.91 Å². The largest absolute Gasteiger partial charge is 0.495 e. The van der Waals surface area contributed by atoms with E-state index in [0.717, 1.165) is 4.90 Å². The lowest BCUT2D eigenvalue weighted by Crippen LogP contribution is -2.43. The monoisotopic (exact) mass is 508 g/mol. The third kappa shape index (κ3) is 5.94. The molecule has 0 bridgehead atoms. The SMILES string of the molecule is COc1ccc(NC(=O)C2CCCN(C(=O)c3cc(C(F)(F)F)cc(C(F)(F)F)c3)C2)cc1Cl. The first-order valence-corrected chi connectivity index (χ1v) is 10.4. The van der Waals surface area contributed by atoms with E-state index in [1.54, 1.807) is 12.1 Å². The van der Waals surface area contributed by atoms with Crippen LogP contribution in [-0.4, -0.2) is 36.9 Å². The molecule has 34 heavy (non-hydrogen) atoms. The lowest BCUT2D eigenvalue weighted by molar-refractivity contribution is -0.143. The Bertz CT molecular complexity index is 1060. The van der Waals surface area contributed by atoms with Gasteiger partial charge in [-0.2, -0.15) is 26.3 Å². The molecule has 5 nitrogen and oxygen atoms in total. The predicted molar refractivity (Wildman–Crippen MR) is 112 cm³/mol. The molecule has 0 aromatic heterocycles. The van der Waals surface area contributed by atoms with Gasteiger partial charge in [0.2, 0.25) is 5.91 Å². The quantitative estimate of drug-likeness (QED) is 0.525. The Morgan fingerprint density at radius 1 is 1.03 bits per heavy atom. The van der Waals surface area contributed by atoms with E-state index < -0.39 is 46.8 Å². The standard InChI is InChI=1S/C22H19ClF6N2O3/c1-34-18-5-4-16(10-17(18)23)30-19(32)12-3-2-6-31(11-12)20(33)13-7-14(21(24,25)26)9-15(8-13)22(27,28)29/h4-5,7-10,12H,2-3,6,11H2,1H3,(H,30,32). The van der Waals surface area contributed by atoms with Gasteiger partial charge in [0, 0.05) is 24.3 Å². The summed E-state index contributed by atoms with van der Waals surface area (Å²) < 4.78 is 83.8. The highest BCUT2D eigenvalue weighted by Crippen LogP contribution is 2.37. The molecule has 1 fully saturated rings. The van der Waals surface area contributed by atoms with Crippen LogP contribution in [0.25, 0.3) is 0 Å². The Hall–Kier alpha value is -2.95. The number of alkyl halides is 6. The number of ether oxygens (including phenoxy) is 1. The van der Waals surface area contributed by atoms with Gasteiger partial charge >= 0.3 is 12.4 Å². The third-order valence-corrected chi connectivity index (χ3v) is 5.63. The summed E-state index contributed by atoms with van der Waals surface area (Å²) in [5.41, 5.74) is -3.53. The zero-order valence-corrected chi connectivity index (χ0v) is 18.4. The maximum Gasteiger partial charge on any atom is 0.416 e. The summed E-state index contributed by atoms with van der Waals surface area (Å²) in [5, 5.41) is 2.90. The molecule has 1 atom stereocenters. The van der Waals surface area contributed by atoms with Crippen molar-refractivity contribution >= 4 is 29.1 Å². The van der Waals surface area contributed by atoms with Gasteiger partial charge in [-0.3, -0.25) is 9.59 Å². The van der Waals surface area contributed by atoms with E-state index in [9.17, 15) is 35.9 Å². The lowest BCUT2D eigenvalue weighted by atomic mass is 9.95.